The Labute approximate surface area is 101 Å². The summed E-state index contributed by atoms with van der Waals surface area (Å²) in [6, 6.07) is 0. The third-order valence-electron chi connectivity index (χ3n) is 3.63. The normalized spacial score (nSPS) is 24.6. The number of hydrogen-bond donors (Lipinski definition) is 2. The first kappa shape index (κ1) is 12.1. The second kappa shape index (κ2) is 4.87. The van der Waals surface area contributed by atoms with Crippen molar-refractivity contribution in [3.63, 3.8) is 0 Å². The van der Waals surface area contributed by atoms with Crippen molar-refractivity contribution in [3.8, 4) is 0 Å². The predicted molar refractivity (Wildman–Crippen MR) is 63.0 cm³/mol. The Balaban J connectivity index is 1.97. The van der Waals surface area contributed by atoms with E-state index >= 15 is 0 Å². The Kier molecular flexibility index (Phi) is 3.47. The maximum absolute atomic E-state index is 11.4. The van der Waals surface area contributed by atoms with Crippen molar-refractivity contribution in [1.29, 1.82) is 0 Å². The molecule has 5 heteroatoms. The van der Waals surface area contributed by atoms with Crippen LogP contribution in [0.3, 0.4) is 0 Å². The molecule has 1 aromatic rings. The molecule has 3 N–H and O–H groups in total. The van der Waals surface area contributed by atoms with Crippen molar-refractivity contribution in [1.82, 2.24) is 10.4 Å². The number of carbonyl (C=O) groups excluding carboxylic acids is 1. The molecule has 0 spiro atoms. The van der Waals surface area contributed by atoms with Crippen LogP contribution in [-0.4, -0.2) is 10.9 Å². The van der Waals surface area contributed by atoms with E-state index in [0.717, 1.165) is 43.0 Å². The molecule has 0 bridgehead atoms. The third kappa shape index (κ3) is 2.49. The van der Waals surface area contributed by atoms with Crippen molar-refractivity contribution in [2.24, 2.45) is 11.8 Å². The van der Waals surface area contributed by atoms with E-state index in [4.69, 9.17) is 10.3 Å². The van der Waals surface area contributed by atoms with E-state index in [0.29, 0.717) is 5.92 Å². The van der Waals surface area contributed by atoms with Gasteiger partial charge in [0, 0.05) is 11.8 Å². The zero-order valence-corrected chi connectivity index (χ0v) is 10.3. The van der Waals surface area contributed by atoms with Gasteiger partial charge in [-0.2, -0.15) is 0 Å². The minimum Gasteiger partial charge on any atom is -0.445 e. The first-order valence-electron chi connectivity index (χ1n) is 6.06. The molecule has 0 aromatic carbocycles. The molecule has 1 saturated carbocycles. The zero-order chi connectivity index (χ0) is 12.4. The molecule has 1 amide bonds. The molecule has 0 unspecified atom stereocenters. The molecule has 1 heterocycles. The van der Waals surface area contributed by atoms with Crippen LogP contribution < -0.4 is 11.3 Å². The lowest BCUT2D eigenvalue weighted by Crippen LogP contribution is -2.37. The summed E-state index contributed by atoms with van der Waals surface area (Å²) < 4.78 is 5.64. The maximum Gasteiger partial charge on any atom is 0.236 e. The lowest BCUT2D eigenvalue weighted by molar-refractivity contribution is -0.126. The lowest BCUT2D eigenvalue weighted by Gasteiger charge is -2.25. The number of nitrogens with two attached hydrogens (primary N) is 1. The summed E-state index contributed by atoms with van der Waals surface area (Å²) >= 11 is 0. The molecular formula is C12H19N3O2. The Morgan fingerprint density at radius 1 is 1.35 bits per heavy atom. The largest absolute Gasteiger partial charge is 0.445 e. The van der Waals surface area contributed by atoms with Crippen molar-refractivity contribution < 1.29 is 9.21 Å². The van der Waals surface area contributed by atoms with E-state index in [2.05, 4.69) is 10.4 Å². The van der Waals surface area contributed by atoms with E-state index in [1.54, 1.807) is 0 Å². The molecule has 17 heavy (non-hydrogen) atoms. The van der Waals surface area contributed by atoms with Crippen LogP contribution in [0, 0.1) is 19.8 Å². The number of nitrogens with zero attached hydrogens (tertiary/aromatic N) is 1. The molecule has 1 aliphatic carbocycles. The lowest BCUT2D eigenvalue weighted by atomic mass is 9.81. The van der Waals surface area contributed by atoms with E-state index in [1.165, 1.54) is 0 Å². The predicted octanol–water partition coefficient (Wildman–Crippen LogP) is 1.56. The molecule has 5 nitrogen and oxygen atoms in total. The number of carbonyl (C=O) groups is 1. The Morgan fingerprint density at radius 2 is 2.00 bits per heavy atom. The molecule has 1 aliphatic rings. The summed E-state index contributed by atoms with van der Waals surface area (Å²) in [5, 5.41) is 0. The molecule has 94 valence electrons. The van der Waals surface area contributed by atoms with Crippen LogP contribution in [0.15, 0.2) is 4.42 Å². The van der Waals surface area contributed by atoms with E-state index in [9.17, 15) is 4.79 Å². The Hall–Kier alpha value is -1.36. The van der Waals surface area contributed by atoms with Crippen molar-refractivity contribution >= 4 is 5.91 Å². The molecule has 0 aliphatic heterocycles. The van der Waals surface area contributed by atoms with Gasteiger partial charge >= 0.3 is 0 Å². The number of nitrogens with one attached hydrogen (secondary N) is 1. The van der Waals surface area contributed by atoms with Crippen LogP contribution in [0.2, 0.25) is 0 Å². The van der Waals surface area contributed by atoms with E-state index in [-0.39, 0.29) is 11.8 Å². The van der Waals surface area contributed by atoms with Crippen LogP contribution in [-0.2, 0) is 4.79 Å². The van der Waals surface area contributed by atoms with Crippen molar-refractivity contribution in [2.75, 3.05) is 0 Å². The monoisotopic (exact) mass is 237 g/mol. The molecule has 0 saturated heterocycles. The minimum atomic E-state index is -0.0526. The van der Waals surface area contributed by atoms with Crippen LogP contribution >= 0.6 is 0 Å². The molecule has 0 atom stereocenters. The summed E-state index contributed by atoms with van der Waals surface area (Å²) in [4.78, 5) is 15.8. The SMILES string of the molecule is Cc1nc(C2CCC(C(=O)NN)CC2)oc1C. The fraction of sp³-hybridized carbons (Fsp3) is 0.667. The number of aryl methyl sites for hydroxylation is 2. The molecule has 1 aromatic heterocycles. The van der Waals surface area contributed by atoms with Crippen molar-refractivity contribution in [2.45, 2.75) is 45.4 Å². The van der Waals surface area contributed by atoms with E-state index in [1.807, 2.05) is 13.8 Å². The van der Waals surface area contributed by atoms with Crippen LogP contribution in [0.25, 0.3) is 0 Å². The highest BCUT2D eigenvalue weighted by Crippen LogP contribution is 2.35. The van der Waals surface area contributed by atoms with Gasteiger partial charge in [-0.1, -0.05) is 0 Å². The number of hydrazine groups is 1. The topological polar surface area (TPSA) is 81.2 Å². The quantitative estimate of drug-likeness (QED) is 0.464. The standard InChI is InChI=1S/C12H19N3O2/c1-7-8(2)17-12(14-7)10-5-3-9(4-6-10)11(16)15-13/h9-10H,3-6,13H2,1-2H3,(H,15,16). The summed E-state index contributed by atoms with van der Waals surface area (Å²) in [5.41, 5.74) is 3.18. The average Bonchev–Trinajstić information content (AvgIpc) is 2.69. The molecule has 2 rings (SSSR count). The number of aromatic nitrogens is 1. The Morgan fingerprint density at radius 3 is 2.47 bits per heavy atom. The van der Waals surface area contributed by atoms with Gasteiger partial charge in [0.1, 0.15) is 5.76 Å². The molecular weight excluding hydrogens is 218 g/mol. The number of rotatable bonds is 2. The van der Waals surface area contributed by atoms with Gasteiger partial charge in [0.25, 0.3) is 0 Å². The van der Waals surface area contributed by atoms with Gasteiger partial charge in [0.2, 0.25) is 5.91 Å². The molecule has 1 fully saturated rings. The summed E-state index contributed by atoms with van der Waals surface area (Å²) in [6.07, 6.45) is 3.59. The van der Waals surface area contributed by atoms with Crippen molar-refractivity contribution in [3.05, 3.63) is 17.3 Å². The van der Waals surface area contributed by atoms with Gasteiger partial charge < -0.3 is 4.42 Å². The first-order valence-corrected chi connectivity index (χ1v) is 6.06. The van der Waals surface area contributed by atoms with Gasteiger partial charge in [-0.15, -0.1) is 0 Å². The highest BCUT2D eigenvalue weighted by Gasteiger charge is 2.29. The second-order valence-electron chi connectivity index (χ2n) is 4.75. The fourth-order valence-electron chi connectivity index (χ4n) is 2.39. The van der Waals surface area contributed by atoms with Crippen LogP contribution in [0.4, 0.5) is 0 Å². The van der Waals surface area contributed by atoms with E-state index < -0.39 is 0 Å². The van der Waals surface area contributed by atoms with Gasteiger partial charge in [0.15, 0.2) is 5.89 Å². The average molecular weight is 237 g/mol. The number of hydrogen-bond acceptors (Lipinski definition) is 4. The van der Waals surface area contributed by atoms with Gasteiger partial charge in [0.05, 0.1) is 5.69 Å². The summed E-state index contributed by atoms with van der Waals surface area (Å²) in [7, 11) is 0. The van der Waals surface area contributed by atoms with Gasteiger partial charge in [-0.25, -0.2) is 10.8 Å². The summed E-state index contributed by atoms with van der Waals surface area (Å²) in [5.74, 6) is 7.21. The van der Waals surface area contributed by atoms with Crippen LogP contribution in [0.1, 0.15) is 48.9 Å². The number of oxazole rings is 1. The van der Waals surface area contributed by atoms with Crippen LogP contribution in [0.5, 0.6) is 0 Å². The Bertz CT molecular complexity index is 386. The highest BCUT2D eigenvalue weighted by molar-refractivity contribution is 5.78. The fourth-order valence-corrected chi connectivity index (χ4v) is 2.39. The highest BCUT2D eigenvalue weighted by atomic mass is 16.4. The molecule has 0 radical (unpaired) electrons. The van der Waals surface area contributed by atoms with Gasteiger partial charge in [-0.3, -0.25) is 10.2 Å². The van der Waals surface area contributed by atoms with Gasteiger partial charge in [-0.05, 0) is 39.5 Å². The third-order valence-corrected chi connectivity index (χ3v) is 3.63. The maximum atomic E-state index is 11.4. The smallest absolute Gasteiger partial charge is 0.236 e. The summed E-state index contributed by atoms with van der Waals surface area (Å²) in [6.45, 7) is 3.88. The number of amides is 1. The zero-order valence-electron chi connectivity index (χ0n) is 10.3. The second-order valence-corrected chi connectivity index (χ2v) is 4.75. The minimum absolute atomic E-state index is 0.0495. The first-order chi connectivity index (χ1) is 8.11.